The summed E-state index contributed by atoms with van der Waals surface area (Å²) in [6.45, 7) is -0.115. The normalized spacial score (nSPS) is 23.4. The molecule has 1 aromatic rings. The van der Waals surface area contributed by atoms with Gasteiger partial charge >= 0.3 is 0 Å². The molecule has 1 aromatic carbocycles. The number of halogens is 2. The zero-order valence-electron chi connectivity index (χ0n) is 10.4. The molecule has 3 nitrogen and oxygen atoms in total. The number of rotatable bonds is 4. The van der Waals surface area contributed by atoms with Crippen LogP contribution >= 0.6 is 15.9 Å². The Morgan fingerprint density at radius 2 is 2.21 bits per heavy atom. The van der Waals surface area contributed by atoms with E-state index in [4.69, 9.17) is 0 Å². The summed E-state index contributed by atoms with van der Waals surface area (Å²) in [7, 11) is -2.97. The van der Waals surface area contributed by atoms with E-state index in [2.05, 4.69) is 15.9 Å². The van der Waals surface area contributed by atoms with Gasteiger partial charge in [0.1, 0.15) is 5.82 Å². The largest absolute Gasteiger partial charge is 0.396 e. The molecule has 106 valence electrons. The van der Waals surface area contributed by atoms with E-state index in [1.807, 2.05) is 0 Å². The number of hydrogen-bond donors (Lipinski definition) is 1. The standard InChI is InChI=1S/C13H16BrFO3S/c14-12-2-1-9(13(15)6-12)5-11(7-16)10-3-4-19(17,18)8-10/h1-2,6,10-11,16H,3-5,7-8H2. The third-order valence-corrected chi connectivity index (χ3v) is 5.95. The molecule has 6 heteroatoms. The van der Waals surface area contributed by atoms with Crippen molar-refractivity contribution >= 4 is 25.8 Å². The third kappa shape index (κ3) is 3.77. The molecule has 0 radical (unpaired) electrons. The van der Waals surface area contributed by atoms with Crippen LogP contribution in [0.1, 0.15) is 12.0 Å². The maximum absolute atomic E-state index is 13.8. The van der Waals surface area contributed by atoms with Gasteiger partial charge in [0.2, 0.25) is 0 Å². The van der Waals surface area contributed by atoms with E-state index in [1.165, 1.54) is 6.07 Å². The molecule has 2 atom stereocenters. The summed E-state index contributed by atoms with van der Waals surface area (Å²) in [5.74, 6) is -0.312. The lowest BCUT2D eigenvalue weighted by Crippen LogP contribution is -2.22. The number of aliphatic hydroxyl groups is 1. The molecule has 0 bridgehead atoms. The topological polar surface area (TPSA) is 54.4 Å². The maximum atomic E-state index is 13.8. The molecule has 1 aliphatic heterocycles. The molecule has 0 amide bonds. The highest BCUT2D eigenvalue weighted by atomic mass is 79.9. The molecule has 1 fully saturated rings. The fourth-order valence-electron chi connectivity index (χ4n) is 2.55. The van der Waals surface area contributed by atoms with Crippen molar-refractivity contribution in [3.8, 4) is 0 Å². The highest BCUT2D eigenvalue weighted by Gasteiger charge is 2.33. The Morgan fingerprint density at radius 3 is 2.74 bits per heavy atom. The summed E-state index contributed by atoms with van der Waals surface area (Å²) >= 11 is 3.19. The van der Waals surface area contributed by atoms with Crippen LogP contribution in [0, 0.1) is 17.7 Å². The van der Waals surface area contributed by atoms with Crippen molar-refractivity contribution in [3.05, 3.63) is 34.1 Å². The monoisotopic (exact) mass is 350 g/mol. The zero-order chi connectivity index (χ0) is 14.0. The second kappa shape index (κ2) is 5.89. The second-order valence-corrected chi connectivity index (χ2v) is 8.19. The smallest absolute Gasteiger partial charge is 0.150 e. The van der Waals surface area contributed by atoms with Crippen molar-refractivity contribution in [1.82, 2.24) is 0 Å². The van der Waals surface area contributed by atoms with Crippen molar-refractivity contribution in [1.29, 1.82) is 0 Å². The maximum Gasteiger partial charge on any atom is 0.150 e. The Hall–Kier alpha value is -0.460. The van der Waals surface area contributed by atoms with Gasteiger partial charge < -0.3 is 5.11 Å². The first-order valence-corrected chi connectivity index (χ1v) is 8.78. The van der Waals surface area contributed by atoms with E-state index in [-0.39, 0.29) is 35.8 Å². The van der Waals surface area contributed by atoms with Crippen LogP contribution in [0.2, 0.25) is 0 Å². The first-order valence-electron chi connectivity index (χ1n) is 6.16. The van der Waals surface area contributed by atoms with Crippen LogP contribution in [0.4, 0.5) is 4.39 Å². The van der Waals surface area contributed by atoms with Crippen LogP contribution in [0.5, 0.6) is 0 Å². The summed E-state index contributed by atoms with van der Waals surface area (Å²) in [6.07, 6.45) is 0.932. The van der Waals surface area contributed by atoms with E-state index in [1.54, 1.807) is 12.1 Å². The van der Waals surface area contributed by atoms with Crippen LogP contribution in [-0.2, 0) is 16.3 Å². The Labute approximate surface area is 120 Å². The second-order valence-electron chi connectivity index (χ2n) is 5.05. The molecule has 2 unspecified atom stereocenters. The van der Waals surface area contributed by atoms with Crippen LogP contribution in [0.15, 0.2) is 22.7 Å². The molecular formula is C13H16BrFO3S. The van der Waals surface area contributed by atoms with Gasteiger partial charge in [-0.2, -0.15) is 0 Å². The first kappa shape index (κ1) is 14.9. The van der Waals surface area contributed by atoms with Crippen LogP contribution in [-0.4, -0.2) is 31.6 Å². The van der Waals surface area contributed by atoms with Gasteiger partial charge in [0.15, 0.2) is 9.84 Å². The van der Waals surface area contributed by atoms with Crippen LogP contribution < -0.4 is 0 Å². The Balaban J connectivity index is 2.11. The minimum Gasteiger partial charge on any atom is -0.396 e. The summed E-state index contributed by atoms with van der Waals surface area (Å²) < 4.78 is 37.3. The predicted molar refractivity (Wildman–Crippen MR) is 75.1 cm³/mol. The number of hydrogen-bond acceptors (Lipinski definition) is 3. The quantitative estimate of drug-likeness (QED) is 0.905. The van der Waals surface area contributed by atoms with E-state index in [9.17, 15) is 17.9 Å². The lowest BCUT2D eigenvalue weighted by molar-refractivity contribution is 0.183. The van der Waals surface area contributed by atoms with Crippen molar-refractivity contribution in [2.24, 2.45) is 11.8 Å². The minimum atomic E-state index is -2.97. The fourth-order valence-corrected chi connectivity index (χ4v) is 4.80. The SMILES string of the molecule is O=S1(=O)CCC(C(CO)Cc2ccc(Br)cc2F)C1. The lowest BCUT2D eigenvalue weighted by atomic mass is 9.87. The fraction of sp³-hybridized carbons (Fsp3) is 0.538. The molecule has 1 aliphatic rings. The summed E-state index contributed by atoms with van der Waals surface area (Å²) in [5, 5.41) is 9.44. The molecule has 0 aromatic heterocycles. The molecule has 0 saturated carbocycles. The molecule has 19 heavy (non-hydrogen) atoms. The minimum absolute atomic E-state index is 0.0713. The molecule has 0 aliphatic carbocycles. The van der Waals surface area contributed by atoms with Crippen molar-refractivity contribution in [2.45, 2.75) is 12.8 Å². The average molecular weight is 351 g/mol. The number of sulfone groups is 1. The average Bonchev–Trinajstić information content (AvgIpc) is 2.69. The number of benzene rings is 1. The Morgan fingerprint density at radius 1 is 1.47 bits per heavy atom. The molecule has 1 N–H and O–H groups in total. The molecule has 1 saturated heterocycles. The molecule has 2 rings (SSSR count). The Kier molecular flexibility index (Phi) is 4.63. The van der Waals surface area contributed by atoms with Crippen LogP contribution in [0.3, 0.4) is 0 Å². The predicted octanol–water partition coefficient (Wildman–Crippen LogP) is 2.17. The molecule has 0 spiro atoms. The Bertz CT molecular complexity index is 559. The van der Waals surface area contributed by atoms with E-state index >= 15 is 0 Å². The summed E-state index contributed by atoms with van der Waals surface area (Å²) in [6, 6.07) is 4.80. The van der Waals surface area contributed by atoms with Crippen molar-refractivity contribution in [2.75, 3.05) is 18.1 Å². The van der Waals surface area contributed by atoms with Gasteiger partial charge in [-0.25, -0.2) is 12.8 Å². The summed E-state index contributed by atoms with van der Waals surface area (Å²) in [4.78, 5) is 0. The molecule has 1 heterocycles. The van der Waals surface area contributed by atoms with Crippen LogP contribution in [0.25, 0.3) is 0 Å². The van der Waals surface area contributed by atoms with E-state index < -0.39 is 9.84 Å². The van der Waals surface area contributed by atoms with Gasteiger partial charge in [0, 0.05) is 11.1 Å². The third-order valence-electron chi connectivity index (χ3n) is 3.67. The highest BCUT2D eigenvalue weighted by Crippen LogP contribution is 2.29. The van der Waals surface area contributed by atoms with Gasteiger partial charge in [-0.15, -0.1) is 0 Å². The van der Waals surface area contributed by atoms with Gasteiger partial charge in [-0.05, 0) is 42.4 Å². The first-order chi connectivity index (χ1) is 8.91. The highest BCUT2D eigenvalue weighted by molar-refractivity contribution is 9.10. The van der Waals surface area contributed by atoms with Crippen molar-refractivity contribution < 1.29 is 17.9 Å². The lowest BCUT2D eigenvalue weighted by Gasteiger charge is -2.20. The van der Waals surface area contributed by atoms with E-state index in [0.29, 0.717) is 22.9 Å². The van der Waals surface area contributed by atoms with Crippen molar-refractivity contribution in [3.63, 3.8) is 0 Å². The number of aliphatic hydroxyl groups excluding tert-OH is 1. The van der Waals surface area contributed by atoms with Gasteiger partial charge in [-0.1, -0.05) is 22.0 Å². The van der Waals surface area contributed by atoms with Gasteiger partial charge in [0.05, 0.1) is 11.5 Å². The van der Waals surface area contributed by atoms with Gasteiger partial charge in [-0.3, -0.25) is 0 Å². The van der Waals surface area contributed by atoms with Gasteiger partial charge in [0.25, 0.3) is 0 Å². The zero-order valence-corrected chi connectivity index (χ0v) is 12.8. The molecular weight excluding hydrogens is 335 g/mol. The van der Waals surface area contributed by atoms with E-state index in [0.717, 1.165) is 0 Å². The summed E-state index contributed by atoms with van der Waals surface area (Å²) in [5.41, 5.74) is 0.520.